The zero-order valence-electron chi connectivity index (χ0n) is 14.0. The molecule has 0 fully saturated rings. The molecule has 1 amide bonds. The summed E-state index contributed by atoms with van der Waals surface area (Å²) in [6.45, 7) is 2.14. The van der Waals surface area contributed by atoms with Crippen molar-refractivity contribution in [1.82, 2.24) is 4.98 Å². The molecule has 2 aromatic carbocycles. The molecule has 0 saturated heterocycles. The molecule has 124 valence electrons. The van der Waals surface area contributed by atoms with Crippen LogP contribution in [-0.2, 0) is 6.42 Å². The van der Waals surface area contributed by atoms with Crippen LogP contribution in [0.2, 0.25) is 0 Å². The summed E-state index contributed by atoms with van der Waals surface area (Å²) >= 11 is 1.56. The van der Waals surface area contributed by atoms with Crippen molar-refractivity contribution < 1.29 is 4.79 Å². The number of aromatic nitrogens is 1. The molecule has 3 nitrogen and oxygen atoms in total. The Morgan fingerprint density at radius 2 is 1.92 bits per heavy atom. The molecule has 25 heavy (non-hydrogen) atoms. The Morgan fingerprint density at radius 1 is 1.08 bits per heavy atom. The lowest BCUT2D eigenvalue weighted by Gasteiger charge is -2.08. The van der Waals surface area contributed by atoms with E-state index in [-0.39, 0.29) is 5.91 Å². The molecule has 2 aromatic heterocycles. The van der Waals surface area contributed by atoms with E-state index in [1.807, 2.05) is 42.5 Å². The molecule has 1 N–H and O–H groups in total. The minimum Gasteiger partial charge on any atom is -0.319 e. The van der Waals surface area contributed by atoms with Crippen molar-refractivity contribution in [2.45, 2.75) is 19.8 Å². The maximum atomic E-state index is 13.0. The van der Waals surface area contributed by atoms with Crippen LogP contribution in [0.1, 0.15) is 28.6 Å². The van der Waals surface area contributed by atoms with Crippen LogP contribution >= 0.6 is 11.3 Å². The van der Waals surface area contributed by atoms with Crippen molar-refractivity contribution in [3.8, 4) is 0 Å². The van der Waals surface area contributed by atoms with Gasteiger partial charge < -0.3 is 5.32 Å². The average molecular weight is 346 g/mol. The Labute approximate surface area is 150 Å². The number of hydrogen-bond acceptors (Lipinski definition) is 3. The number of fused-ring (bicyclic) bond motifs is 2. The van der Waals surface area contributed by atoms with Gasteiger partial charge in [-0.2, -0.15) is 0 Å². The minimum atomic E-state index is -0.0530. The highest BCUT2D eigenvalue weighted by atomic mass is 32.1. The van der Waals surface area contributed by atoms with Crippen LogP contribution in [0.5, 0.6) is 0 Å². The Morgan fingerprint density at radius 3 is 2.80 bits per heavy atom. The van der Waals surface area contributed by atoms with Gasteiger partial charge in [0.05, 0.1) is 16.1 Å². The second-order valence-electron chi connectivity index (χ2n) is 5.99. The van der Waals surface area contributed by atoms with Crippen molar-refractivity contribution in [2.75, 3.05) is 5.32 Å². The second kappa shape index (κ2) is 6.65. The number of thiophene rings is 1. The molecule has 2 heterocycles. The number of rotatable bonds is 4. The Balaban J connectivity index is 1.76. The highest BCUT2D eigenvalue weighted by molar-refractivity contribution is 7.21. The van der Waals surface area contributed by atoms with Gasteiger partial charge in [-0.25, -0.2) is 0 Å². The van der Waals surface area contributed by atoms with E-state index >= 15 is 0 Å². The lowest BCUT2D eigenvalue weighted by atomic mass is 10.1. The van der Waals surface area contributed by atoms with Crippen molar-refractivity contribution in [1.29, 1.82) is 0 Å². The number of para-hydroxylation sites is 1. The maximum Gasteiger partial charge on any atom is 0.266 e. The summed E-state index contributed by atoms with van der Waals surface area (Å²) < 4.78 is 1.16. The van der Waals surface area contributed by atoms with E-state index in [0.717, 1.165) is 44.6 Å². The van der Waals surface area contributed by atoms with E-state index in [2.05, 4.69) is 29.4 Å². The maximum absolute atomic E-state index is 13.0. The molecule has 0 saturated carbocycles. The van der Waals surface area contributed by atoms with E-state index in [4.69, 9.17) is 0 Å². The lowest BCUT2D eigenvalue weighted by molar-refractivity contribution is 0.103. The van der Waals surface area contributed by atoms with Crippen LogP contribution < -0.4 is 5.32 Å². The van der Waals surface area contributed by atoms with Crippen molar-refractivity contribution in [3.05, 3.63) is 71.2 Å². The first-order chi connectivity index (χ1) is 12.3. The summed E-state index contributed by atoms with van der Waals surface area (Å²) in [6, 6.07) is 18.0. The number of carbonyl (C=O) groups is 1. The van der Waals surface area contributed by atoms with Crippen LogP contribution in [0.15, 0.2) is 60.8 Å². The monoisotopic (exact) mass is 346 g/mol. The molecule has 0 aliphatic heterocycles. The standard InChI is InChI=1S/C21H18N2OS/c1-2-7-16-15-10-3-4-12-18(15)25-20(16)21(24)23-17-11-5-8-14-9-6-13-22-19(14)17/h3-6,8-13H,2,7H2,1H3,(H,23,24). The molecular weight excluding hydrogens is 328 g/mol. The van der Waals surface area contributed by atoms with E-state index in [1.54, 1.807) is 17.5 Å². The average Bonchev–Trinajstić information content (AvgIpc) is 3.01. The zero-order valence-corrected chi connectivity index (χ0v) is 14.8. The number of carbonyl (C=O) groups excluding carboxylic acids is 1. The van der Waals surface area contributed by atoms with Gasteiger partial charge in [0.25, 0.3) is 5.91 Å². The first kappa shape index (κ1) is 15.8. The van der Waals surface area contributed by atoms with E-state index in [0.29, 0.717) is 0 Å². The fourth-order valence-electron chi connectivity index (χ4n) is 3.16. The summed E-state index contributed by atoms with van der Waals surface area (Å²) in [6.07, 6.45) is 3.66. The molecule has 4 rings (SSSR count). The smallest absolute Gasteiger partial charge is 0.266 e. The molecule has 0 aliphatic rings. The lowest BCUT2D eigenvalue weighted by Crippen LogP contribution is -2.12. The predicted octanol–water partition coefficient (Wildman–Crippen LogP) is 5.65. The van der Waals surface area contributed by atoms with Gasteiger partial charge in [0.1, 0.15) is 0 Å². The molecule has 0 atom stereocenters. The molecule has 0 radical (unpaired) electrons. The van der Waals surface area contributed by atoms with Gasteiger partial charge in [-0.05, 0) is 35.6 Å². The third kappa shape index (κ3) is 2.89. The normalized spacial score (nSPS) is 11.1. The molecule has 0 spiro atoms. The third-order valence-corrected chi connectivity index (χ3v) is 5.50. The van der Waals surface area contributed by atoms with Crippen LogP contribution in [0.3, 0.4) is 0 Å². The molecular formula is C21H18N2OS. The van der Waals surface area contributed by atoms with Gasteiger partial charge in [-0.1, -0.05) is 49.7 Å². The minimum absolute atomic E-state index is 0.0530. The van der Waals surface area contributed by atoms with Crippen LogP contribution in [0.4, 0.5) is 5.69 Å². The Kier molecular flexibility index (Phi) is 4.20. The van der Waals surface area contributed by atoms with Crippen molar-refractivity contribution in [3.63, 3.8) is 0 Å². The van der Waals surface area contributed by atoms with Gasteiger partial charge in [0.2, 0.25) is 0 Å². The second-order valence-corrected chi connectivity index (χ2v) is 7.04. The number of hydrogen-bond donors (Lipinski definition) is 1. The van der Waals surface area contributed by atoms with Gasteiger partial charge in [0, 0.05) is 16.3 Å². The van der Waals surface area contributed by atoms with Gasteiger partial charge >= 0.3 is 0 Å². The summed E-state index contributed by atoms with van der Waals surface area (Å²) in [5.74, 6) is -0.0530. The Hall–Kier alpha value is -2.72. The van der Waals surface area contributed by atoms with E-state index < -0.39 is 0 Å². The number of amides is 1. The topological polar surface area (TPSA) is 42.0 Å². The highest BCUT2D eigenvalue weighted by Crippen LogP contribution is 2.33. The predicted molar refractivity (Wildman–Crippen MR) is 106 cm³/mol. The molecule has 0 aliphatic carbocycles. The zero-order chi connectivity index (χ0) is 17.2. The summed E-state index contributed by atoms with van der Waals surface area (Å²) in [5, 5.41) is 5.28. The Bertz CT molecular complexity index is 1060. The molecule has 0 unspecified atom stereocenters. The number of benzene rings is 2. The SMILES string of the molecule is CCCc1c(C(=O)Nc2cccc3cccnc23)sc2ccccc12. The van der Waals surface area contributed by atoms with Crippen LogP contribution in [0, 0.1) is 0 Å². The quantitative estimate of drug-likeness (QED) is 0.518. The van der Waals surface area contributed by atoms with Gasteiger partial charge in [-0.15, -0.1) is 11.3 Å². The summed E-state index contributed by atoms with van der Waals surface area (Å²) in [7, 11) is 0. The first-order valence-corrected chi connectivity index (χ1v) is 9.25. The number of nitrogens with one attached hydrogen (secondary N) is 1. The third-order valence-electron chi connectivity index (χ3n) is 4.29. The largest absolute Gasteiger partial charge is 0.319 e. The van der Waals surface area contributed by atoms with E-state index in [1.165, 1.54) is 5.39 Å². The number of anilines is 1. The van der Waals surface area contributed by atoms with Crippen molar-refractivity contribution >= 4 is 43.9 Å². The van der Waals surface area contributed by atoms with E-state index in [9.17, 15) is 4.79 Å². The van der Waals surface area contributed by atoms with Crippen molar-refractivity contribution in [2.24, 2.45) is 0 Å². The van der Waals surface area contributed by atoms with Crippen LogP contribution in [0.25, 0.3) is 21.0 Å². The molecule has 4 aromatic rings. The summed E-state index contributed by atoms with van der Waals surface area (Å²) in [5.41, 5.74) is 2.72. The number of nitrogens with zero attached hydrogens (tertiary/aromatic N) is 1. The number of aryl methyl sites for hydroxylation is 1. The first-order valence-electron chi connectivity index (χ1n) is 8.43. The van der Waals surface area contributed by atoms with Gasteiger partial charge in [-0.3, -0.25) is 9.78 Å². The molecule has 0 bridgehead atoms. The van der Waals surface area contributed by atoms with Gasteiger partial charge in [0.15, 0.2) is 0 Å². The fourth-order valence-corrected chi connectivity index (χ4v) is 4.31. The fraction of sp³-hybridized carbons (Fsp3) is 0.143. The summed E-state index contributed by atoms with van der Waals surface area (Å²) in [4.78, 5) is 18.2. The molecule has 4 heteroatoms. The highest BCUT2D eigenvalue weighted by Gasteiger charge is 2.18. The number of pyridine rings is 1. The van der Waals surface area contributed by atoms with Crippen LogP contribution in [-0.4, -0.2) is 10.9 Å².